The minimum Gasteiger partial charge on any atom is -0.486 e. The Kier molecular flexibility index (Phi) is 3.86. The van der Waals surface area contributed by atoms with E-state index < -0.39 is 0 Å². The van der Waals surface area contributed by atoms with Crippen LogP contribution >= 0.6 is 0 Å². The van der Waals surface area contributed by atoms with E-state index in [0.717, 1.165) is 39.6 Å². The van der Waals surface area contributed by atoms with Crippen LogP contribution in [0, 0.1) is 13.8 Å². The van der Waals surface area contributed by atoms with E-state index >= 15 is 0 Å². The highest BCUT2D eigenvalue weighted by Gasteiger charge is 2.16. The lowest BCUT2D eigenvalue weighted by atomic mass is 10.2. The standard InChI is InChI=1S/C21H19N5O2/c1-13-11-14(2)26(25-13)21-20(23-16-5-3-4-6-17(16)24-21)22-15-7-8-18-19(12-15)28-10-9-27-18/h3-8,11-12H,9-10H2,1-2H3,(H,22,23). The summed E-state index contributed by atoms with van der Waals surface area (Å²) in [5, 5.41) is 7.97. The molecule has 0 saturated carbocycles. The van der Waals surface area contributed by atoms with Gasteiger partial charge in [-0.05, 0) is 44.2 Å². The van der Waals surface area contributed by atoms with Crippen molar-refractivity contribution in [2.24, 2.45) is 0 Å². The normalized spacial score (nSPS) is 12.9. The molecule has 0 atom stereocenters. The summed E-state index contributed by atoms with van der Waals surface area (Å²) >= 11 is 0. The zero-order valence-electron chi connectivity index (χ0n) is 15.6. The maximum Gasteiger partial charge on any atom is 0.197 e. The first kappa shape index (κ1) is 16.6. The summed E-state index contributed by atoms with van der Waals surface area (Å²) < 4.78 is 13.1. The first-order valence-corrected chi connectivity index (χ1v) is 9.14. The molecule has 0 bridgehead atoms. The summed E-state index contributed by atoms with van der Waals surface area (Å²) in [6.07, 6.45) is 0. The third-order valence-electron chi connectivity index (χ3n) is 4.57. The Balaban J connectivity index is 1.63. The fraction of sp³-hybridized carbons (Fsp3) is 0.190. The molecule has 0 unspecified atom stereocenters. The van der Waals surface area contributed by atoms with Gasteiger partial charge in [-0.25, -0.2) is 14.6 Å². The van der Waals surface area contributed by atoms with E-state index in [2.05, 4.69) is 10.4 Å². The highest BCUT2D eigenvalue weighted by atomic mass is 16.6. The van der Waals surface area contributed by atoms with Gasteiger partial charge >= 0.3 is 0 Å². The van der Waals surface area contributed by atoms with Crippen LogP contribution in [-0.2, 0) is 0 Å². The number of aromatic nitrogens is 4. The number of nitrogens with zero attached hydrogens (tertiary/aromatic N) is 4. The average Bonchev–Trinajstić information content (AvgIpc) is 3.05. The molecule has 0 spiro atoms. The number of hydrogen-bond acceptors (Lipinski definition) is 6. The number of rotatable bonds is 3. The lowest BCUT2D eigenvalue weighted by molar-refractivity contribution is 0.171. The topological polar surface area (TPSA) is 74.1 Å². The quantitative estimate of drug-likeness (QED) is 0.586. The molecular formula is C21H19N5O2. The average molecular weight is 373 g/mol. The van der Waals surface area contributed by atoms with E-state index in [1.165, 1.54) is 0 Å². The van der Waals surface area contributed by atoms with E-state index in [-0.39, 0.29) is 0 Å². The molecule has 0 amide bonds. The van der Waals surface area contributed by atoms with Crippen LogP contribution < -0.4 is 14.8 Å². The van der Waals surface area contributed by atoms with Crippen molar-refractivity contribution < 1.29 is 9.47 Å². The second-order valence-corrected chi connectivity index (χ2v) is 6.71. The summed E-state index contributed by atoms with van der Waals surface area (Å²) in [6, 6.07) is 15.6. The number of anilines is 2. The predicted molar refractivity (Wildman–Crippen MR) is 107 cm³/mol. The predicted octanol–water partition coefficient (Wildman–Crippen LogP) is 3.95. The summed E-state index contributed by atoms with van der Waals surface area (Å²) in [6.45, 7) is 5.08. The summed E-state index contributed by atoms with van der Waals surface area (Å²) in [7, 11) is 0. The van der Waals surface area contributed by atoms with Crippen LogP contribution in [0.2, 0.25) is 0 Å². The van der Waals surface area contributed by atoms with Gasteiger partial charge in [-0.1, -0.05) is 12.1 Å². The number of ether oxygens (including phenoxy) is 2. The molecule has 0 radical (unpaired) electrons. The molecule has 1 N–H and O–H groups in total. The molecule has 0 fully saturated rings. The molecule has 2 aromatic carbocycles. The molecule has 28 heavy (non-hydrogen) atoms. The monoisotopic (exact) mass is 373 g/mol. The number of aryl methyl sites for hydroxylation is 2. The molecule has 140 valence electrons. The van der Waals surface area contributed by atoms with Crippen molar-refractivity contribution >= 4 is 22.5 Å². The van der Waals surface area contributed by atoms with Crippen LogP contribution in [0.1, 0.15) is 11.4 Å². The number of benzene rings is 2. The molecule has 3 heterocycles. The van der Waals surface area contributed by atoms with Gasteiger partial charge in [-0.15, -0.1) is 0 Å². The highest BCUT2D eigenvalue weighted by molar-refractivity contribution is 5.79. The van der Waals surface area contributed by atoms with Gasteiger partial charge in [0.1, 0.15) is 13.2 Å². The minimum atomic E-state index is 0.545. The maximum absolute atomic E-state index is 5.69. The van der Waals surface area contributed by atoms with Crippen LogP contribution in [0.25, 0.3) is 16.9 Å². The second-order valence-electron chi connectivity index (χ2n) is 6.71. The molecule has 1 aliphatic rings. The molecule has 7 nitrogen and oxygen atoms in total. The zero-order chi connectivity index (χ0) is 19.1. The van der Waals surface area contributed by atoms with E-state index in [0.29, 0.717) is 24.8 Å². The van der Waals surface area contributed by atoms with Gasteiger partial charge in [-0.3, -0.25) is 0 Å². The fourth-order valence-electron chi connectivity index (χ4n) is 3.32. The van der Waals surface area contributed by atoms with Crippen LogP contribution in [0.3, 0.4) is 0 Å². The first-order valence-electron chi connectivity index (χ1n) is 9.14. The van der Waals surface area contributed by atoms with Gasteiger partial charge in [0.05, 0.1) is 16.7 Å². The third kappa shape index (κ3) is 2.90. The summed E-state index contributed by atoms with van der Waals surface area (Å²) in [5.41, 5.74) is 4.40. The zero-order valence-corrected chi connectivity index (χ0v) is 15.6. The number of hydrogen-bond donors (Lipinski definition) is 1. The van der Waals surface area contributed by atoms with Crippen LogP contribution in [0.15, 0.2) is 48.5 Å². The van der Waals surface area contributed by atoms with Gasteiger partial charge in [-0.2, -0.15) is 5.10 Å². The summed E-state index contributed by atoms with van der Waals surface area (Å²) in [5.74, 6) is 2.75. The van der Waals surface area contributed by atoms with Crippen LogP contribution in [-0.4, -0.2) is 33.0 Å². The smallest absolute Gasteiger partial charge is 0.197 e. The number of para-hydroxylation sites is 2. The number of fused-ring (bicyclic) bond motifs is 2. The third-order valence-corrected chi connectivity index (χ3v) is 4.57. The first-order chi connectivity index (χ1) is 13.7. The number of nitrogens with one attached hydrogen (secondary N) is 1. The Bertz CT molecular complexity index is 1180. The van der Waals surface area contributed by atoms with E-state index in [1.807, 2.05) is 67.1 Å². The van der Waals surface area contributed by atoms with Gasteiger partial charge < -0.3 is 14.8 Å². The van der Waals surface area contributed by atoms with Crippen molar-refractivity contribution in [1.82, 2.24) is 19.7 Å². The molecule has 0 saturated heterocycles. The van der Waals surface area contributed by atoms with Crippen molar-refractivity contribution in [1.29, 1.82) is 0 Å². The van der Waals surface area contributed by atoms with Crippen LogP contribution in [0.4, 0.5) is 11.5 Å². The van der Waals surface area contributed by atoms with E-state index in [4.69, 9.17) is 19.4 Å². The molecule has 1 aliphatic heterocycles. The van der Waals surface area contributed by atoms with Gasteiger partial charge in [0, 0.05) is 17.4 Å². The Labute approximate surface area is 162 Å². The van der Waals surface area contributed by atoms with Crippen molar-refractivity contribution in [2.45, 2.75) is 13.8 Å². The largest absolute Gasteiger partial charge is 0.486 e. The highest BCUT2D eigenvalue weighted by Crippen LogP contribution is 2.34. The lowest BCUT2D eigenvalue weighted by Crippen LogP contribution is -2.15. The second kappa shape index (κ2) is 6.53. The Morgan fingerprint density at radius 2 is 1.64 bits per heavy atom. The summed E-state index contributed by atoms with van der Waals surface area (Å²) in [4.78, 5) is 9.63. The van der Waals surface area contributed by atoms with Crippen molar-refractivity contribution in [3.05, 3.63) is 59.9 Å². The van der Waals surface area contributed by atoms with Gasteiger partial charge in [0.15, 0.2) is 23.1 Å². The van der Waals surface area contributed by atoms with Gasteiger partial charge in [0.25, 0.3) is 0 Å². The molecule has 5 rings (SSSR count). The minimum absolute atomic E-state index is 0.545. The van der Waals surface area contributed by atoms with Crippen LogP contribution in [0.5, 0.6) is 11.5 Å². The Morgan fingerprint density at radius 1 is 0.893 bits per heavy atom. The fourth-order valence-corrected chi connectivity index (χ4v) is 3.32. The SMILES string of the molecule is Cc1cc(C)n(-c2nc3ccccc3nc2Nc2ccc3c(c2)OCCO3)n1. The van der Waals surface area contributed by atoms with Gasteiger partial charge in [0.2, 0.25) is 0 Å². The Hall–Kier alpha value is -3.61. The van der Waals surface area contributed by atoms with E-state index in [1.54, 1.807) is 0 Å². The van der Waals surface area contributed by atoms with Crippen molar-refractivity contribution in [3.8, 4) is 17.3 Å². The van der Waals surface area contributed by atoms with Crippen molar-refractivity contribution in [2.75, 3.05) is 18.5 Å². The molecular weight excluding hydrogens is 354 g/mol. The molecule has 4 aromatic rings. The Morgan fingerprint density at radius 3 is 2.39 bits per heavy atom. The molecule has 7 heteroatoms. The van der Waals surface area contributed by atoms with E-state index in [9.17, 15) is 0 Å². The van der Waals surface area contributed by atoms with Crippen molar-refractivity contribution in [3.63, 3.8) is 0 Å². The maximum atomic E-state index is 5.69. The molecule has 0 aliphatic carbocycles. The lowest BCUT2D eigenvalue weighted by Gasteiger charge is -2.19. The molecule has 2 aromatic heterocycles.